The minimum absolute atomic E-state index is 0.110. The van der Waals surface area contributed by atoms with Crippen LogP contribution in [0.25, 0.3) is 10.2 Å². The van der Waals surface area contributed by atoms with Gasteiger partial charge in [-0.3, -0.25) is 10.1 Å². The maximum absolute atomic E-state index is 11.9. The highest BCUT2D eigenvalue weighted by atomic mass is 32.2. The lowest BCUT2D eigenvalue weighted by Gasteiger charge is -2.03. The number of amides is 1. The van der Waals surface area contributed by atoms with Gasteiger partial charge in [-0.25, -0.2) is 9.97 Å². The number of carbonyl (C=O) groups is 1. The summed E-state index contributed by atoms with van der Waals surface area (Å²) in [6.07, 6.45) is 1.53. The van der Waals surface area contributed by atoms with E-state index >= 15 is 0 Å². The van der Waals surface area contributed by atoms with Crippen molar-refractivity contribution in [2.24, 2.45) is 0 Å². The number of aryl methyl sites for hydroxylation is 3. The second-order valence-electron chi connectivity index (χ2n) is 4.63. The van der Waals surface area contributed by atoms with Gasteiger partial charge in [0, 0.05) is 10.3 Å². The number of thioether (sulfide) groups is 1. The van der Waals surface area contributed by atoms with Crippen LogP contribution in [-0.2, 0) is 4.79 Å². The Morgan fingerprint density at radius 1 is 1.36 bits per heavy atom. The van der Waals surface area contributed by atoms with Crippen LogP contribution in [0, 0.1) is 20.8 Å². The molecule has 0 radical (unpaired) electrons. The van der Waals surface area contributed by atoms with Crippen LogP contribution in [0.3, 0.4) is 0 Å². The minimum Gasteiger partial charge on any atom is -0.315 e. The first-order valence-electron chi connectivity index (χ1n) is 6.48. The largest absolute Gasteiger partial charge is 0.328 e. The van der Waals surface area contributed by atoms with Crippen molar-refractivity contribution in [2.45, 2.75) is 25.8 Å². The molecule has 0 spiro atoms. The van der Waals surface area contributed by atoms with Crippen LogP contribution in [-0.4, -0.2) is 31.8 Å². The van der Waals surface area contributed by atoms with Gasteiger partial charge in [-0.1, -0.05) is 16.9 Å². The number of hydrogen-bond acceptors (Lipinski definition) is 8. The number of hydrogen-bond donors (Lipinski definition) is 1. The van der Waals surface area contributed by atoms with E-state index in [0.717, 1.165) is 20.8 Å². The first-order valence-corrected chi connectivity index (χ1v) is 8.28. The summed E-state index contributed by atoms with van der Waals surface area (Å²) >= 11 is 3.00. The summed E-state index contributed by atoms with van der Waals surface area (Å²) < 4.78 is 4.85. The number of rotatable bonds is 4. The quantitative estimate of drug-likeness (QED) is 0.578. The topological polar surface area (TPSA) is 93.8 Å². The highest BCUT2D eigenvalue weighted by molar-refractivity contribution is 8.00. The number of fused-ring (bicyclic) bond motifs is 1. The van der Waals surface area contributed by atoms with Crippen molar-refractivity contribution < 1.29 is 9.32 Å². The molecule has 0 atom stereocenters. The molecule has 0 fully saturated rings. The van der Waals surface area contributed by atoms with Crippen LogP contribution in [0.15, 0.2) is 15.9 Å². The molecule has 1 amide bonds. The normalized spacial score (nSPS) is 11.0. The lowest BCUT2D eigenvalue weighted by Crippen LogP contribution is -2.14. The number of nitrogens with zero attached hydrogens (tertiary/aromatic N) is 4. The number of aromatic nitrogens is 4. The predicted octanol–water partition coefficient (Wildman–Crippen LogP) is 2.73. The Kier molecular flexibility index (Phi) is 4.08. The third-order valence-electron chi connectivity index (χ3n) is 3.04. The molecule has 0 aliphatic heterocycles. The van der Waals surface area contributed by atoms with Gasteiger partial charge in [-0.2, -0.15) is 4.98 Å². The summed E-state index contributed by atoms with van der Waals surface area (Å²) in [4.78, 5) is 26.6. The Bertz CT molecular complexity index is 842. The molecular formula is C13H13N5O2S2. The fourth-order valence-corrected chi connectivity index (χ4v) is 3.81. The third kappa shape index (κ3) is 2.95. The maximum Gasteiger partial charge on any atom is 0.328 e. The molecule has 0 unspecified atom stereocenters. The molecule has 0 aliphatic carbocycles. The summed E-state index contributed by atoms with van der Waals surface area (Å²) in [6.45, 7) is 5.79. The number of anilines is 1. The van der Waals surface area contributed by atoms with Gasteiger partial charge in [0.05, 0.1) is 5.75 Å². The number of nitrogens with one attached hydrogen (secondary N) is 1. The van der Waals surface area contributed by atoms with Crippen molar-refractivity contribution in [3.63, 3.8) is 0 Å². The molecule has 0 aliphatic rings. The first kappa shape index (κ1) is 14.9. The van der Waals surface area contributed by atoms with E-state index in [1.165, 1.54) is 23.0 Å². The van der Waals surface area contributed by atoms with Crippen molar-refractivity contribution in [2.75, 3.05) is 11.1 Å². The van der Waals surface area contributed by atoms with Crippen molar-refractivity contribution in [1.29, 1.82) is 0 Å². The van der Waals surface area contributed by atoms with Gasteiger partial charge in [0.2, 0.25) is 5.91 Å². The summed E-state index contributed by atoms with van der Waals surface area (Å²) in [6, 6.07) is 0.110. The van der Waals surface area contributed by atoms with Crippen molar-refractivity contribution >= 4 is 45.2 Å². The van der Waals surface area contributed by atoms with Crippen LogP contribution < -0.4 is 5.32 Å². The highest BCUT2D eigenvalue weighted by Gasteiger charge is 2.14. The molecule has 3 rings (SSSR count). The SMILES string of the molecule is Cc1noc(NC(=O)CSc2ncnc3sc(C)c(C)c23)n1. The molecule has 1 N–H and O–H groups in total. The van der Waals surface area contributed by atoms with Crippen LogP contribution in [0.1, 0.15) is 16.3 Å². The number of carbonyl (C=O) groups excluding carboxylic acids is 1. The molecular weight excluding hydrogens is 322 g/mol. The van der Waals surface area contributed by atoms with Crippen molar-refractivity contribution in [1.82, 2.24) is 20.1 Å². The smallest absolute Gasteiger partial charge is 0.315 e. The molecule has 3 aromatic heterocycles. The Morgan fingerprint density at radius 3 is 2.91 bits per heavy atom. The lowest BCUT2D eigenvalue weighted by atomic mass is 10.2. The zero-order valence-corrected chi connectivity index (χ0v) is 13.8. The van der Waals surface area contributed by atoms with Gasteiger partial charge in [0.25, 0.3) is 0 Å². The molecule has 0 saturated heterocycles. The van der Waals surface area contributed by atoms with Crippen LogP contribution in [0.4, 0.5) is 6.01 Å². The molecule has 9 heteroatoms. The monoisotopic (exact) mass is 335 g/mol. The average Bonchev–Trinajstić information content (AvgIpc) is 3.01. The fourth-order valence-electron chi connectivity index (χ4n) is 1.90. The Labute approximate surface area is 134 Å². The Hall–Kier alpha value is -2.00. The van der Waals surface area contributed by atoms with E-state index in [4.69, 9.17) is 4.52 Å². The second kappa shape index (κ2) is 6.01. The molecule has 7 nitrogen and oxygen atoms in total. The summed E-state index contributed by atoms with van der Waals surface area (Å²) in [5.41, 5.74) is 1.16. The third-order valence-corrected chi connectivity index (χ3v) is 5.15. The maximum atomic E-state index is 11.9. The van der Waals surface area contributed by atoms with E-state index in [-0.39, 0.29) is 17.7 Å². The van der Waals surface area contributed by atoms with E-state index in [1.54, 1.807) is 18.3 Å². The van der Waals surface area contributed by atoms with E-state index < -0.39 is 0 Å². The van der Waals surface area contributed by atoms with Gasteiger partial charge >= 0.3 is 6.01 Å². The number of thiophene rings is 1. The predicted molar refractivity (Wildman–Crippen MR) is 85.3 cm³/mol. The van der Waals surface area contributed by atoms with Crippen LogP contribution >= 0.6 is 23.1 Å². The fraction of sp³-hybridized carbons (Fsp3) is 0.308. The molecule has 0 saturated carbocycles. The van der Waals surface area contributed by atoms with Gasteiger partial charge in [0.15, 0.2) is 5.82 Å². The Morgan fingerprint density at radius 2 is 2.18 bits per heavy atom. The second-order valence-corrected chi connectivity index (χ2v) is 6.79. The molecule has 3 aromatic rings. The summed E-state index contributed by atoms with van der Waals surface area (Å²) in [5, 5.41) is 8.01. The van der Waals surface area contributed by atoms with Crippen LogP contribution in [0.2, 0.25) is 0 Å². The first-order chi connectivity index (χ1) is 10.5. The molecule has 22 heavy (non-hydrogen) atoms. The van der Waals surface area contributed by atoms with Gasteiger partial charge < -0.3 is 4.52 Å². The van der Waals surface area contributed by atoms with E-state index in [9.17, 15) is 4.79 Å². The van der Waals surface area contributed by atoms with E-state index in [2.05, 4.69) is 32.3 Å². The van der Waals surface area contributed by atoms with Gasteiger partial charge in [-0.05, 0) is 26.3 Å². The van der Waals surface area contributed by atoms with Crippen molar-refractivity contribution in [3.8, 4) is 0 Å². The van der Waals surface area contributed by atoms with E-state index in [0.29, 0.717) is 5.82 Å². The van der Waals surface area contributed by atoms with Crippen LogP contribution in [0.5, 0.6) is 0 Å². The summed E-state index contributed by atoms with van der Waals surface area (Å²) in [5.74, 6) is 0.469. The highest BCUT2D eigenvalue weighted by Crippen LogP contribution is 2.34. The average molecular weight is 335 g/mol. The standard InChI is InChI=1S/C13H13N5O2S2/c1-6-7(2)22-12-10(6)11(14-5-15-12)21-4-9(19)17-13-16-8(3)18-20-13/h5H,4H2,1-3H3,(H,16,17,18,19). The molecule has 3 heterocycles. The van der Waals surface area contributed by atoms with Gasteiger partial charge in [0.1, 0.15) is 16.2 Å². The van der Waals surface area contributed by atoms with Gasteiger partial charge in [-0.15, -0.1) is 11.3 Å². The molecule has 0 bridgehead atoms. The Balaban J connectivity index is 1.72. The van der Waals surface area contributed by atoms with Crippen molar-refractivity contribution in [3.05, 3.63) is 22.6 Å². The molecule has 114 valence electrons. The van der Waals surface area contributed by atoms with E-state index in [1.807, 2.05) is 6.92 Å². The minimum atomic E-state index is -0.218. The lowest BCUT2D eigenvalue weighted by molar-refractivity contribution is -0.114. The zero-order valence-electron chi connectivity index (χ0n) is 12.2. The zero-order chi connectivity index (χ0) is 15.7. The summed E-state index contributed by atoms with van der Waals surface area (Å²) in [7, 11) is 0. The molecule has 0 aromatic carbocycles.